The van der Waals surface area contributed by atoms with Crippen molar-refractivity contribution < 1.29 is 5.11 Å². The van der Waals surface area contributed by atoms with Gasteiger partial charge in [-0.1, -0.05) is 26.0 Å². The van der Waals surface area contributed by atoms with Crippen molar-refractivity contribution in [1.82, 2.24) is 15.1 Å². The van der Waals surface area contributed by atoms with Crippen LogP contribution in [0.4, 0.5) is 0 Å². The lowest BCUT2D eigenvalue weighted by Crippen LogP contribution is -2.30. The van der Waals surface area contributed by atoms with E-state index >= 15 is 0 Å². The Morgan fingerprint density at radius 2 is 2.00 bits per heavy atom. The molecule has 1 aromatic heterocycles. The summed E-state index contributed by atoms with van der Waals surface area (Å²) < 4.78 is 1.83. The highest BCUT2D eigenvalue weighted by Crippen LogP contribution is 2.08. The van der Waals surface area contributed by atoms with E-state index in [2.05, 4.69) is 22.5 Å². The second-order valence-corrected chi connectivity index (χ2v) is 5.06. The molecule has 19 heavy (non-hydrogen) atoms. The van der Waals surface area contributed by atoms with Crippen LogP contribution in [0, 0.1) is 5.92 Å². The zero-order valence-corrected chi connectivity index (χ0v) is 11.5. The van der Waals surface area contributed by atoms with Crippen molar-refractivity contribution in [3.8, 4) is 5.69 Å². The minimum absolute atomic E-state index is 0.287. The summed E-state index contributed by atoms with van der Waals surface area (Å²) in [7, 11) is 0. The van der Waals surface area contributed by atoms with E-state index in [-0.39, 0.29) is 12.0 Å². The lowest BCUT2D eigenvalue weighted by Gasteiger charge is -2.15. The Bertz CT molecular complexity index is 477. The van der Waals surface area contributed by atoms with Gasteiger partial charge in [0.15, 0.2) is 0 Å². The molecule has 0 aliphatic heterocycles. The Kier molecular flexibility index (Phi) is 4.71. The van der Waals surface area contributed by atoms with E-state index in [9.17, 15) is 5.11 Å². The summed E-state index contributed by atoms with van der Waals surface area (Å²) in [6.07, 6.45) is 3.40. The van der Waals surface area contributed by atoms with Gasteiger partial charge in [0, 0.05) is 25.5 Å². The third-order valence-electron chi connectivity index (χ3n) is 3.16. The highest BCUT2D eigenvalue weighted by Gasteiger charge is 2.07. The highest BCUT2D eigenvalue weighted by molar-refractivity contribution is 5.33. The molecule has 1 atom stereocenters. The molecule has 0 saturated heterocycles. The molecule has 0 fully saturated rings. The van der Waals surface area contributed by atoms with Crippen LogP contribution in [0.5, 0.6) is 0 Å². The lowest BCUT2D eigenvalue weighted by atomic mass is 10.1. The molecule has 4 heteroatoms. The van der Waals surface area contributed by atoms with Crippen LogP contribution in [-0.4, -0.2) is 27.5 Å². The summed E-state index contributed by atoms with van der Waals surface area (Å²) >= 11 is 0. The number of hydrogen-bond donors (Lipinski definition) is 2. The van der Waals surface area contributed by atoms with Crippen molar-refractivity contribution in [2.24, 2.45) is 5.92 Å². The molecule has 102 valence electrons. The summed E-state index contributed by atoms with van der Waals surface area (Å²) in [6, 6.07) is 10.1. The van der Waals surface area contributed by atoms with E-state index in [0.717, 1.165) is 12.2 Å². The second-order valence-electron chi connectivity index (χ2n) is 5.06. The predicted molar refractivity (Wildman–Crippen MR) is 76.1 cm³/mol. The molecule has 0 aliphatic rings. The van der Waals surface area contributed by atoms with Crippen LogP contribution < -0.4 is 5.32 Å². The van der Waals surface area contributed by atoms with Gasteiger partial charge in [0.25, 0.3) is 0 Å². The number of aromatic nitrogens is 2. The van der Waals surface area contributed by atoms with E-state index < -0.39 is 0 Å². The monoisotopic (exact) mass is 259 g/mol. The van der Waals surface area contributed by atoms with Gasteiger partial charge in [-0.05, 0) is 29.7 Å². The van der Waals surface area contributed by atoms with Crippen molar-refractivity contribution in [2.45, 2.75) is 26.5 Å². The third kappa shape index (κ3) is 3.91. The Morgan fingerprint density at radius 3 is 2.58 bits per heavy atom. The van der Waals surface area contributed by atoms with Crippen LogP contribution in [0.2, 0.25) is 0 Å². The molecule has 0 bridgehead atoms. The largest absolute Gasteiger partial charge is 0.392 e. The second kappa shape index (κ2) is 6.50. The first-order chi connectivity index (χ1) is 9.16. The standard InChI is InChI=1S/C15H21N3O/c1-12(2)15(19)11-16-10-13-4-6-14(7-5-13)18-9-3-8-17-18/h3-9,12,15-16,19H,10-11H2,1-2H3. The van der Waals surface area contributed by atoms with Gasteiger partial charge < -0.3 is 10.4 Å². The minimum Gasteiger partial charge on any atom is -0.392 e. The molecule has 1 aromatic carbocycles. The van der Waals surface area contributed by atoms with Gasteiger partial charge in [-0.3, -0.25) is 0 Å². The molecule has 0 saturated carbocycles. The lowest BCUT2D eigenvalue weighted by molar-refractivity contribution is 0.123. The first-order valence-corrected chi connectivity index (χ1v) is 6.64. The molecule has 4 nitrogen and oxygen atoms in total. The first-order valence-electron chi connectivity index (χ1n) is 6.64. The van der Waals surface area contributed by atoms with Crippen LogP contribution in [0.25, 0.3) is 5.69 Å². The van der Waals surface area contributed by atoms with Crippen molar-refractivity contribution in [1.29, 1.82) is 0 Å². The molecule has 1 unspecified atom stereocenters. The Hall–Kier alpha value is -1.65. The molecule has 0 aliphatic carbocycles. The van der Waals surface area contributed by atoms with Crippen LogP contribution in [0.15, 0.2) is 42.7 Å². The van der Waals surface area contributed by atoms with Gasteiger partial charge in [-0.25, -0.2) is 4.68 Å². The normalized spacial score (nSPS) is 12.8. The highest BCUT2D eigenvalue weighted by atomic mass is 16.3. The Labute approximate surface area is 114 Å². The van der Waals surface area contributed by atoms with Gasteiger partial charge >= 0.3 is 0 Å². The SMILES string of the molecule is CC(C)C(O)CNCc1ccc(-n2cccn2)cc1. The van der Waals surface area contributed by atoms with Crippen LogP contribution in [0.3, 0.4) is 0 Å². The zero-order chi connectivity index (χ0) is 13.7. The maximum atomic E-state index is 9.70. The number of aliphatic hydroxyl groups is 1. The first kappa shape index (κ1) is 13.8. The van der Waals surface area contributed by atoms with Gasteiger partial charge in [0.2, 0.25) is 0 Å². The van der Waals surface area contributed by atoms with E-state index in [4.69, 9.17) is 0 Å². The van der Waals surface area contributed by atoms with Crippen molar-refractivity contribution in [3.05, 3.63) is 48.3 Å². The average Bonchev–Trinajstić information content (AvgIpc) is 2.93. The Morgan fingerprint density at radius 1 is 1.26 bits per heavy atom. The number of nitrogens with zero attached hydrogens (tertiary/aromatic N) is 2. The molecular weight excluding hydrogens is 238 g/mol. The molecule has 0 spiro atoms. The van der Waals surface area contributed by atoms with Gasteiger partial charge in [-0.2, -0.15) is 5.10 Å². The molecule has 0 radical (unpaired) electrons. The number of aliphatic hydroxyl groups excluding tert-OH is 1. The van der Waals surface area contributed by atoms with Gasteiger partial charge in [0.1, 0.15) is 0 Å². The average molecular weight is 259 g/mol. The topological polar surface area (TPSA) is 50.1 Å². The molecule has 2 N–H and O–H groups in total. The molecule has 2 rings (SSSR count). The molecule has 0 amide bonds. The van der Waals surface area contributed by atoms with Crippen LogP contribution >= 0.6 is 0 Å². The Balaban J connectivity index is 1.86. The fourth-order valence-electron chi connectivity index (χ4n) is 1.79. The third-order valence-corrected chi connectivity index (χ3v) is 3.16. The van der Waals surface area contributed by atoms with E-state index in [1.54, 1.807) is 6.20 Å². The summed E-state index contributed by atoms with van der Waals surface area (Å²) in [5.74, 6) is 0.287. The van der Waals surface area contributed by atoms with E-state index in [1.165, 1.54) is 5.56 Å². The molecule has 2 aromatic rings. The number of hydrogen-bond acceptors (Lipinski definition) is 3. The number of benzene rings is 1. The number of nitrogens with one attached hydrogen (secondary N) is 1. The summed E-state index contributed by atoms with van der Waals surface area (Å²) in [4.78, 5) is 0. The smallest absolute Gasteiger partial charge is 0.0687 e. The summed E-state index contributed by atoms with van der Waals surface area (Å²) in [5, 5.41) is 17.2. The van der Waals surface area contributed by atoms with Crippen molar-refractivity contribution >= 4 is 0 Å². The summed E-state index contributed by atoms with van der Waals surface area (Å²) in [6.45, 7) is 5.43. The maximum absolute atomic E-state index is 9.70. The van der Waals surface area contributed by atoms with Crippen LogP contribution in [0.1, 0.15) is 19.4 Å². The summed E-state index contributed by atoms with van der Waals surface area (Å²) in [5.41, 5.74) is 2.25. The van der Waals surface area contributed by atoms with Gasteiger partial charge in [-0.15, -0.1) is 0 Å². The van der Waals surface area contributed by atoms with Crippen molar-refractivity contribution in [2.75, 3.05) is 6.54 Å². The molecular formula is C15H21N3O. The maximum Gasteiger partial charge on any atom is 0.0687 e. The predicted octanol–water partition coefficient (Wildman–Crippen LogP) is 1.98. The zero-order valence-electron chi connectivity index (χ0n) is 11.5. The molecule has 1 heterocycles. The van der Waals surface area contributed by atoms with Gasteiger partial charge in [0.05, 0.1) is 11.8 Å². The minimum atomic E-state index is -0.289. The quantitative estimate of drug-likeness (QED) is 0.834. The van der Waals surface area contributed by atoms with E-state index in [1.807, 2.05) is 42.9 Å². The fourth-order valence-corrected chi connectivity index (χ4v) is 1.79. The van der Waals surface area contributed by atoms with Crippen LogP contribution in [-0.2, 0) is 6.54 Å². The fraction of sp³-hybridized carbons (Fsp3) is 0.400. The number of rotatable bonds is 6. The van der Waals surface area contributed by atoms with Crippen molar-refractivity contribution in [3.63, 3.8) is 0 Å². The van der Waals surface area contributed by atoms with E-state index in [0.29, 0.717) is 6.54 Å².